The van der Waals surface area contributed by atoms with Gasteiger partial charge in [0.1, 0.15) is 17.3 Å². The molecule has 1 aliphatic rings. The van der Waals surface area contributed by atoms with Crippen LogP contribution in [0.25, 0.3) is 0 Å². The molecule has 0 unspecified atom stereocenters. The molecular weight excluding hydrogens is 574 g/mol. The molecule has 0 saturated carbocycles. The molecule has 0 bridgehead atoms. The molecule has 3 aromatic rings. The van der Waals surface area contributed by atoms with E-state index in [0.717, 1.165) is 76.8 Å². The zero-order valence-electron chi connectivity index (χ0n) is 28.4. The van der Waals surface area contributed by atoms with Gasteiger partial charge in [-0.2, -0.15) is 0 Å². The summed E-state index contributed by atoms with van der Waals surface area (Å²) in [5.74, 6) is 2.14. The van der Waals surface area contributed by atoms with Gasteiger partial charge in [-0.25, -0.2) is 0 Å². The summed E-state index contributed by atoms with van der Waals surface area (Å²) in [5, 5.41) is 6.52. The number of Topliss-reactive ketones (excluding diaryl/α,β-unsaturated/α-hetero) is 2. The van der Waals surface area contributed by atoms with Crippen LogP contribution in [0.4, 0.5) is 11.4 Å². The number of carbonyl (C=O) groups excluding carboxylic acids is 3. The summed E-state index contributed by atoms with van der Waals surface area (Å²) < 4.78 is 5.62. The third-order valence-electron chi connectivity index (χ3n) is 9.35. The number of anilines is 2. The lowest BCUT2D eigenvalue weighted by atomic mass is 9.89. The van der Waals surface area contributed by atoms with Crippen LogP contribution < -0.4 is 15.5 Å². The fourth-order valence-corrected chi connectivity index (χ4v) is 6.41. The summed E-state index contributed by atoms with van der Waals surface area (Å²) >= 11 is 0. The third kappa shape index (κ3) is 10.4. The molecule has 1 aliphatic heterocycles. The Morgan fingerprint density at radius 2 is 1.65 bits per heavy atom. The molecule has 7 heteroatoms. The Morgan fingerprint density at radius 1 is 0.891 bits per heavy atom. The van der Waals surface area contributed by atoms with Crippen molar-refractivity contribution in [3.05, 3.63) is 82.3 Å². The van der Waals surface area contributed by atoms with E-state index in [9.17, 15) is 14.4 Å². The number of ketones is 2. The van der Waals surface area contributed by atoms with Crippen LogP contribution in [0, 0.1) is 26.7 Å². The fraction of sp³-hybridized carbons (Fsp3) is 0.513. The lowest BCUT2D eigenvalue weighted by molar-refractivity contribution is -0.118. The van der Waals surface area contributed by atoms with Gasteiger partial charge >= 0.3 is 0 Å². The molecule has 0 radical (unpaired) electrons. The minimum Gasteiger partial charge on any atom is -0.466 e. The van der Waals surface area contributed by atoms with Gasteiger partial charge in [0.2, 0.25) is 0 Å². The number of aryl methyl sites for hydroxylation is 4. The van der Waals surface area contributed by atoms with E-state index in [2.05, 4.69) is 46.7 Å². The molecule has 46 heavy (non-hydrogen) atoms. The topological polar surface area (TPSA) is 91.7 Å². The van der Waals surface area contributed by atoms with Crippen molar-refractivity contribution in [3.63, 3.8) is 0 Å². The molecule has 2 aromatic carbocycles. The summed E-state index contributed by atoms with van der Waals surface area (Å²) in [5.41, 5.74) is 5.59. The Bertz CT molecular complexity index is 1450. The summed E-state index contributed by atoms with van der Waals surface area (Å²) in [4.78, 5) is 40.4. The first-order valence-corrected chi connectivity index (χ1v) is 17.3. The normalized spacial score (nSPS) is 13.6. The Morgan fingerprint density at radius 3 is 2.37 bits per heavy atom. The second-order valence-corrected chi connectivity index (χ2v) is 12.9. The van der Waals surface area contributed by atoms with Crippen LogP contribution >= 0.6 is 0 Å². The molecule has 0 aliphatic carbocycles. The monoisotopic (exact) mass is 627 g/mol. The molecule has 4 rings (SSSR count). The first kappa shape index (κ1) is 35.1. The second-order valence-electron chi connectivity index (χ2n) is 12.9. The molecule has 1 amide bonds. The Balaban J connectivity index is 1.34. The lowest BCUT2D eigenvalue weighted by Gasteiger charge is -2.35. The minimum absolute atomic E-state index is 0.0957. The van der Waals surface area contributed by atoms with Crippen LogP contribution in [0.15, 0.2) is 52.9 Å². The summed E-state index contributed by atoms with van der Waals surface area (Å²) in [6.07, 6.45) is 9.90. The highest BCUT2D eigenvalue weighted by atomic mass is 16.3. The van der Waals surface area contributed by atoms with E-state index >= 15 is 0 Å². The van der Waals surface area contributed by atoms with Gasteiger partial charge in [0.25, 0.3) is 5.91 Å². The van der Waals surface area contributed by atoms with Gasteiger partial charge < -0.3 is 20.0 Å². The highest BCUT2D eigenvalue weighted by molar-refractivity contribution is 6.08. The number of unbranched alkanes of at least 4 members (excludes halogenated alkanes) is 2. The number of carbonyl (C=O) groups is 3. The molecule has 0 atom stereocenters. The maximum atomic E-state index is 13.4. The quantitative estimate of drug-likeness (QED) is 0.109. The number of benzene rings is 2. The maximum Gasteiger partial charge on any atom is 0.259 e. The van der Waals surface area contributed by atoms with E-state index in [4.69, 9.17) is 4.42 Å². The second kappa shape index (κ2) is 17.8. The zero-order valence-corrected chi connectivity index (χ0v) is 28.4. The lowest BCUT2D eigenvalue weighted by Crippen LogP contribution is -2.34. The summed E-state index contributed by atoms with van der Waals surface area (Å²) in [6.45, 7) is 11.3. The molecule has 1 fully saturated rings. The molecule has 248 valence electrons. The number of amides is 1. The SMILES string of the molecule is CCC(=O)CCCNCCCCCC(=O)c1ccc(N2CCC(CCc3ccccc3C)CC2)c(NC(=O)c2cc(C)oc2C)c1. The predicted octanol–water partition coefficient (Wildman–Crippen LogP) is 8.40. The number of furan rings is 1. The van der Waals surface area contributed by atoms with E-state index in [1.165, 1.54) is 17.5 Å². The number of piperidine rings is 1. The van der Waals surface area contributed by atoms with Gasteiger partial charge in [0.15, 0.2) is 5.78 Å². The molecule has 7 nitrogen and oxygen atoms in total. The Labute approximate surface area is 275 Å². The van der Waals surface area contributed by atoms with Gasteiger partial charge in [-0.1, -0.05) is 37.6 Å². The predicted molar refractivity (Wildman–Crippen MR) is 187 cm³/mol. The van der Waals surface area contributed by atoms with Crippen LogP contribution in [0.3, 0.4) is 0 Å². The van der Waals surface area contributed by atoms with E-state index in [1.807, 2.05) is 32.0 Å². The summed E-state index contributed by atoms with van der Waals surface area (Å²) in [6, 6.07) is 16.2. The molecule has 0 spiro atoms. The number of nitrogens with zero attached hydrogens (tertiary/aromatic N) is 1. The molecule has 2 N–H and O–H groups in total. The first-order valence-electron chi connectivity index (χ1n) is 17.3. The van der Waals surface area contributed by atoms with E-state index in [1.54, 1.807) is 13.0 Å². The van der Waals surface area contributed by atoms with Crippen molar-refractivity contribution in [2.45, 2.75) is 98.3 Å². The average molecular weight is 628 g/mol. The Kier molecular flexibility index (Phi) is 13.6. The van der Waals surface area contributed by atoms with Crippen LogP contribution in [-0.4, -0.2) is 43.7 Å². The standard InChI is InChI=1S/C39H53N3O4/c1-5-34(43)14-11-23-40-22-10-6-7-15-38(44)33-18-19-37(36(27-33)41-39(45)35-26-29(3)46-30(35)4)42-24-20-31(21-25-42)16-17-32-13-9-8-12-28(32)2/h8-9,12-13,18-19,26-27,31,40H,5-7,10-11,14-17,20-25H2,1-4H3,(H,41,45). The molecule has 2 heterocycles. The highest BCUT2D eigenvalue weighted by Crippen LogP contribution is 2.33. The van der Waals surface area contributed by atoms with Crippen molar-refractivity contribution >= 4 is 28.8 Å². The number of nitrogens with one attached hydrogen (secondary N) is 2. The van der Waals surface area contributed by atoms with Crippen LogP contribution in [-0.2, 0) is 11.2 Å². The first-order chi connectivity index (χ1) is 22.2. The maximum absolute atomic E-state index is 13.4. The van der Waals surface area contributed by atoms with E-state index < -0.39 is 0 Å². The van der Waals surface area contributed by atoms with Crippen molar-refractivity contribution < 1.29 is 18.8 Å². The van der Waals surface area contributed by atoms with Gasteiger partial charge in [0, 0.05) is 37.9 Å². The number of hydrogen-bond donors (Lipinski definition) is 2. The van der Waals surface area contributed by atoms with E-state index in [0.29, 0.717) is 59.3 Å². The van der Waals surface area contributed by atoms with E-state index in [-0.39, 0.29) is 11.7 Å². The number of rotatable bonds is 18. The molecular formula is C39H53N3O4. The van der Waals surface area contributed by atoms with Crippen LogP contribution in [0.1, 0.15) is 114 Å². The van der Waals surface area contributed by atoms with Crippen LogP contribution in [0.2, 0.25) is 0 Å². The minimum atomic E-state index is -0.222. The highest BCUT2D eigenvalue weighted by Gasteiger charge is 2.24. The van der Waals surface area contributed by atoms with Crippen molar-refractivity contribution in [2.75, 3.05) is 36.4 Å². The number of hydrogen-bond acceptors (Lipinski definition) is 6. The van der Waals surface area contributed by atoms with Gasteiger partial charge in [0.05, 0.1) is 16.9 Å². The van der Waals surface area contributed by atoms with Gasteiger partial charge in [-0.05, 0) is 120 Å². The van der Waals surface area contributed by atoms with Crippen molar-refractivity contribution in [2.24, 2.45) is 5.92 Å². The van der Waals surface area contributed by atoms with Crippen LogP contribution in [0.5, 0.6) is 0 Å². The zero-order chi connectivity index (χ0) is 32.9. The largest absolute Gasteiger partial charge is 0.466 e. The van der Waals surface area contributed by atoms with Crippen molar-refractivity contribution in [1.29, 1.82) is 0 Å². The molecule has 1 saturated heterocycles. The average Bonchev–Trinajstić information content (AvgIpc) is 3.41. The summed E-state index contributed by atoms with van der Waals surface area (Å²) in [7, 11) is 0. The fourth-order valence-electron chi connectivity index (χ4n) is 6.41. The smallest absolute Gasteiger partial charge is 0.259 e. The third-order valence-corrected chi connectivity index (χ3v) is 9.35. The van der Waals surface area contributed by atoms with Crippen molar-refractivity contribution in [3.8, 4) is 0 Å². The molecule has 1 aromatic heterocycles. The van der Waals surface area contributed by atoms with Crippen molar-refractivity contribution in [1.82, 2.24) is 5.32 Å². The van der Waals surface area contributed by atoms with Gasteiger partial charge in [-0.3, -0.25) is 14.4 Å². The Hall–Kier alpha value is -3.71. The van der Waals surface area contributed by atoms with Gasteiger partial charge in [-0.15, -0.1) is 0 Å².